The van der Waals surface area contributed by atoms with Gasteiger partial charge in [0.2, 0.25) is 5.82 Å². The van der Waals surface area contributed by atoms with Gasteiger partial charge < -0.3 is 15.0 Å². The Morgan fingerprint density at radius 3 is 2.77 bits per heavy atom. The lowest BCUT2D eigenvalue weighted by molar-refractivity contribution is 0.415. The molecule has 8 heteroatoms. The molecule has 0 saturated heterocycles. The summed E-state index contributed by atoms with van der Waals surface area (Å²) in [6.45, 7) is 2.56. The fourth-order valence-corrected chi connectivity index (χ4v) is 2.99. The molecule has 0 aliphatic rings. The van der Waals surface area contributed by atoms with Crippen LogP contribution in [0.15, 0.2) is 40.9 Å². The highest BCUT2D eigenvalue weighted by molar-refractivity contribution is 7.96. The molecule has 2 aromatic carbocycles. The molecule has 1 aromatic heterocycles. The molecule has 7 nitrogen and oxygen atoms in total. The molecule has 0 atom stereocenters. The van der Waals surface area contributed by atoms with E-state index >= 15 is 0 Å². The van der Waals surface area contributed by atoms with Crippen LogP contribution in [0.1, 0.15) is 18.1 Å². The predicted molar refractivity (Wildman–Crippen MR) is 105 cm³/mol. The summed E-state index contributed by atoms with van der Waals surface area (Å²) in [4.78, 5) is 0. The van der Waals surface area contributed by atoms with Gasteiger partial charge in [0, 0.05) is 13.6 Å². The van der Waals surface area contributed by atoms with Gasteiger partial charge in [0.05, 0.1) is 18.2 Å². The van der Waals surface area contributed by atoms with E-state index in [9.17, 15) is 0 Å². The molecule has 0 spiro atoms. The second-order valence-corrected chi connectivity index (χ2v) is 6.55. The van der Waals surface area contributed by atoms with Crippen molar-refractivity contribution in [2.45, 2.75) is 19.9 Å². The molecule has 0 amide bonds. The molecule has 0 fully saturated rings. The van der Waals surface area contributed by atoms with Gasteiger partial charge in [0.25, 0.3) is 0 Å². The van der Waals surface area contributed by atoms with Crippen LogP contribution in [0.4, 0.5) is 11.5 Å². The van der Waals surface area contributed by atoms with Gasteiger partial charge in [-0.1, -0.05) is 24.2 Å². The smallest absolute Gasteiger partial charge is 0.202 e. The average molecular weight is 374 g/mol. The quantitative estimate of drug-likeness (QED) is 0.349. The van der Waals surface area contributed by atoms with Crippen molar-refractivity contribution in [2.24, 2.45) is 5.73 Å². The van der Waals surface area contributed by atoms with E-state index in [1.165, 1.54) is 5.56 Å². The van der Waals surface area contributed by atoms with Crippen molar-refractivity contribution < 1.29 is 13.5 Å². The second kappa shape index (κ2) is 8.31. The van der Waals surface area contributed by atoms with Crippen LogP contribution in [0.3, 0.4) is 0 Å². The Morgan fingerprint density at radius 1 is 1.23 bits per heavy atom. The first-order valence-corrected chi connectivity index (χ1v) is 8.94. The second-order valence-electron chi connectivity index (χ2n) is 5.68. The Balaban J connectivity index is 1.68. The SMILES string of the molecule is CCc1ccc(OC)c(N(C)SONc2noc3ccc(CN)cc23)c1. The van der Waals surface area contributed by atoms with Gasteiger partial charge in [-0.25, -0.2) is 5.48 Å². The highest BCUT2D eigenvalue weighted by atomic mass is 32.2. The summed E-state index contributed by atoms with van der Waals surface area (Å²) < 4.78 is 18.1. The monoisotopic (exact) mass is 374 g/mol. The minimum Gasteiger partial charge on any atom is -0.495 e. The normalized spacial score (nSPS) is 10.9. The molecule has 0 radical (unpaired) electrons. The van der Waals surface area contributed by atoms with Crippen LogP contribution in [0.5, 0.6) is 5.75 Å². The zero-order chi connectivity index (χ0) is 18.5. The third-order valence-corrected chi connectivity index (χ3v) is 4.63. The van der Waals surface area contributed by atoms with Crippen LogP contribution < -0.4 is 20.3 Å². The Morgan fingerprint density at radius 2 is 2.04 bits per heavy atom. The number of aromatic nitrogens is 1. The van der Waals surface area contributed by atoms with Gasteiger partial charge in [-0.2, -0.15) is 4.28 Å². The zero-order valence-electron chi connectivity index (χ0n) is 15.0. The van der Waals surface area contributed by atoms with Crippen LogP contribution >= 0.6 is 12.2 Å². The summed E-state index contributed by atoms with van der Waals surface area (Å²) in [5, 5.41) is 4.81. The molecule has 0 aliphatic heterocycles. The van der Waals surface area contributed by atoms with Crippen LogP contribution in [0.2, 0.25) is 0 Å². The Kier molecular flexibility index (Phi) is 5.87. The molecular weight excluding hydrogens is 352 g/mol. The van der Waals surface area contributed by atoms with Gasteiger partial charge in [-0.05, 0) is 41.8 Å². The Hall–Kier alpha value is -2.42. The van der Waals surface area contributed by atoms with Crippen molar-refractivity contribution in [2.75, 3.05) is 23.9 Å². The summed E-state index contributed by atoms with van der Waals surface area (Å²) in [6.07, 6.45) is 0.947. The van der Waals surface area contributed by atoms with E-state index in [2.05, 4.69) is 29.7 Å². The molecule has 138 valence electrons. The van der Waals surface area contributed by atoms with Gasteiger partial charge in [-0.15, -0.1) is 0 Å². The number of methoxy groups -OCH3 is 1. The number of hydrogen-bond donors (Lipinski definition) is 2. The number of rotatable bonds is 8. The highest BCUT2D eigenvalue weighted by Crippen LogP contribution is 2.33. The number of anilines is 2. The van der Waals surface area contributed by atoms with Crippen molar-refractivity contribution in [3.63, 3.8) is 0 Å². The number of nitrogens with zero attached hydrogens (tertiary/aromatic N) is 2. The number of hydrogen-bond acceptors (Lipinski definition) is 8. The first-order chi connectivity index (χ1) is 12.7. The van der Waals surface area contributed by atoms with Crippen molar-refractivity contribution in [1.29, 1.82) is 0 Å². The first-order valence-electron chi connectivity index (χ1n) is 8.25. The van der Waals surface area contributed by atoms with E-state index in [0.29, 0.717) is 17.9 Å². The van der Waals surface area contributed by atoms with E-state index in [1.54, 1.807) is 7.11 Å². The Bertz CT molecular complexity index is 884. The van der Waals surface area contributed by atoms with Crippen molar-refractivity contribution in [3.8, 4) is 5.75 Å². The molecular formula is C18H22N4O3S. The Labute approximate surface area is 156 Å². The van der Waals surface area contributed by atoms with E-state index in [-0.39, 0.29) is 0 Å². The van der Waals surface area contributed by atoms with Crippen LogP contribution in [0.25, 0.3) is 11.0 Å². The molecule has 3 rings (SSSR count). The maximum atomic E-state index is 5.69. The molecule has 26 heavy (non-hydrogen) atoms. The number of aryl methyl sites for hydroxylation is 1. The van der Waals surface area contributed by atoms with E-state index < -0.39 is 0 Å². The van der Waals surface area contributed by atoms with E-state index in [4.69, 9.17) is 19.3 Å². The predicted octanol–water partition coefficient (Wildman–Crippen LogP) is 3.90. The summed E-state index contributed by atoms with van der Waals surface area (Å²) in [5.74, 6) is 1.28. The van der Waals surface area contributed by atoms with Crippen LogP contribution in [-0.4, -0.2) is 19.3 Å². The molecule has 0 unspecified atom stereocenters. The maximum Gasteiger partial charge on any atom is 0.202 e. The summed E-state index contributed by atoms with van der Waals surface area (Å²) >= 11 is 1.13. The fraction of sp³-hybridized carbons (Fsp3) is 0.278. The molecule has 0 saturated carbocycles. The van der Waals surface area contributed by atoms with E-state index in [0.717, 1.165) is 41.0 Å². The van der Waals surface area contributed by atoms with Gasteiger partial charge in [-0.3, -0.25) is 4.31 Å². The van der Waals surface area contributed by atoms with Gasteiger partial charge >= 0.3 is 0 Å². The minimum absolute atomic E-state index is 0.451. The summed E-state index contributed by atoms with van der Waals surface area (Å²) in [6, 6.07) is 11.8. The maximum absolute atomic E-state index is 5.69. The summed E-state index contributed by atoms with van der Waals surface area (Å²) in [5.41, 5.74) is 12.3. The lowest BCUT2D eigenvalue weighted by Gasteiger charge is -2.19. The number of ether oxygens (including phenoxy) is 1. The van der Waals surface area contributed by atoms with Crippen molar-refractivity contribution >= 4 is 34.7 Å². The molecule has 0 bridgehead atoms. The van der Waals surface area contributed by atoms with Gasteiger partial charge in [0.1, 0.15) is 18.0 Å². The van der Waals surface area contributed by atoms with Crippen molar-refractivity contribution in [1.82, 2.24) is 5.16 Å². The van der Waals surface area contributed by atoms with Crippen LogP contribution in [-0.2, 0) is 17.2 Å². The first kappa shape index (κ1) is 18.4. The lowest BCUT2D eigenvalue weighted by Crippen LogP contribution is -2.11. The topological polar surface area (TPSA) is 85.8 Å². The molecule has 3 aromatic rings. The average Bonchev–Trinajstić information content (AvgIpc) is 3.09. The number of nitrogens with two attached hydrogens (primary N) is 1. The number of nitrogens with one attached hydrogen (secondary N) is 1. The van der Waals surface area contributed by atoms with Crippen LogP contribution in [0, 0.1) is 0 Å². The zero-order valence-corrected chi connectivity index (χ0v) is 15.8. The third kappa shape index (κ3) is 3.87. The largest absolute Gasteiger partial charge is 0.495 e. The number of fused-ring (bicyclic) bond motifs is 1. The minimum atomic E-state index is 0.451. The standard InChI is InChI=1S/C18H22N4O3S/c1-4-12-5-8-17(23-3)15(10-12)22(2)26-25-21-18-14-9-13(11-19)6-7-16(14)24-20-18/h5-10H,4,11,19H2,1-3H3,(H,20,21). The van der Waals surface area contributed by atoms with E-state index in [1.807, 2.05) is 35.6 Å². The third-order valence-electron chi connectivity index (χ3n) is 4.05. The summed E-state index contributed by atoms with van der Waals surface area (Å²) in [7, 11) is 3.55. The molecule has 0 aliphatic carbocycles. The van der Waals surface area contributed by atoms with Gasteiger partial charge in [0.15, 0.2) is 5.58 Å². The van der Waals surface area contributed by atoms with Crippen molar-refractivity contribution in [3.05, 3.63) is 47.5 Å². The molecule has 1 heterocycles. The fourth-order valence-electron chi connectivity index (χ4n) is 2.54. The molecule has 3 N–H and O–H groups in total. The highest BCUT2D eigenvalue weighted by Gasteiger charge is 2.13. The number of benzene rings is 2. The lowest BCUT2D eigenvalue weighted by atomic mass is 10.1.